The van der Waals surface area contributed by atoms with Crippen LogP contribution < -0.4 is 5.32 Å². The second-order valence-electron chi connectivity index (χ2n) is 5.05. The van der Waals surface area contributed by atoms with Crippen LogP contribution in [0.15, 0.2) is 30.3 Å². The van der Waals surface area contributed by atoms with Crippen molar-refractivity contribution in [1.82, 2.24) is 5.32 Å². The number of hydrogen-bond acceptors (Lipinski definition) is 4. The molecule has 1 amide bonds. The summed E-state index contributed by atoms with van der Waals surface area (Å²) in [6.45, 7) is 4.18. The lowest BCUT2D eigenvalue weighted by atomic mass is 10.0. The van der Waals surface area contributed by atoms with E-state index in [4.69, 9.17) is 0 Å². The Hall–Kier alpha value is -2.56. The molecule has 0 fully saturated rings. The quantitative estimate of drug-likeness (QED) is 0.828. The molecule has 0 heterocycles. The Morgan fingerprint density at radius 3 is 2.81 bits per heavy atom. The summed E-state index contributed by atoms with van der Waals surface area (Å²) in [7, 11) is 0. The van der Waals surface area contributed by atoms with Gasteiger partial charge in [0.2, 0.25) is 0 Å². The van der Waals surface area contributed by atoms with Crippen LogP contribution in [-0.4, -0.2) is 23.5 Å². The number of phenolic OH excluding ortho intramolecular Hbond substituents is 1. The van der Waals surface area contributed by atoms with Gasteiger partial charge >= 0.3 is 0 Å². The molecule has 0 aromatic heterocycles. The van der Waals surface area contributed by atoms with Crippen LogP contribution >= 0.6 is 0 Å². The van der Waals surface area contributed by atoms with Crippen molar-refractivity contribution in [1.29, 1.82) is 0 Å². The van der Waals surface area contributed by atoms with Crippen molar-refractivity contribution in [2.75, 3.05) is 0 Å². The number of nitrogens with one attached hydrogen (secondary N) is 1. The minimum Gasteiger partial charge on any atom is -0.507 e. The van der Waals surface area contributed by atoms with E-state index in [-0.39, 0.29) is 24.3 Å². The van der Waals surface area contributed by atoms with Gasteiger partial charge in [0.05, 0.1) is 5.56 Å². The fourth-order valence-electron chi connectivity index (χ4n) is 2.21. The Kier molecular flexibility index (Phi) is 4.42. The molecule has 0 bridgehead atoms. The Bertz CT molecular complexity index is 679. The van der Waals surface area contributed by atoms with Crippen LogP contribution in [0.2, 0.25) is 0 Å². The highest BCUT2D eigenvalue weighted by atomic mass is 16.5. The molecule has 0 aliphatic carbocycles. The lowest BCUT2D eigenvalue weighted by molar-refractivity contribution is -0.129. The Balaban J connectivity index is 2.49. The lowest BCUT2D eigenvalue weighted by Crippen LogP contribution is -2.30. The van der Waals surface area contributed by atoms with Gasteiger partial charge in [-0.1, -0.05) is 12.1 Å². The van der Waals surface area contributed by atoms with E-state index in [2.05, 4.69) is 10.1 Å². The van der Waals surface area contributed by atoms with Crippen molar-refractivity contribution >= 4 is 23.2 Å². The first-order valence-electron chi connectivity index (χ1n) is 6.63. The number of benzene rings is 2. The molecule has 110 valence electrons. The third-order valence-corrected chi connectivity index (χ3v) is 3.00. The average molecular weight is 287 g/mol. The van der Waals surface area contributed by atoms with E-state index < -0.39 is 0 Å². The van der Waals surface area contributed by atoms with E-state index >= 15 is 0 Å². The average Bonchev–Trinajstić information content (AvgIpc) is 2.43. The molecule has 0 saturated heterocycles. The molecule has 0 aliphatic rings. The molecule has 0 unspecified atom stereocenters. The van der Waals surface area contributed by atoms with Crippen molar-refractivity contribution in [2.24, 2.45) is 0 Å². The Morgan fingerprint density at radius 2 is 2.14 bits per heavy atom. The normalized spacial score (nSPS) is 10.6. The summed E-state index contributed by atoms with van der Waals surface area (Å²) in [6.07, 6.45) is 0. The minimum atomic E-state index is -0.234. The highest BCUT2D eigenvalue weighted by Crippen LogP contribution is 2.30. The number of phenols is 1. The number of aromatic hydroxyl groups is 1. The predicted octanol–water partition coefficient (Wildman–Crippen LogP) is 2.36. The van der Waals surface area contributed by atoms with Crippen LogP contribution in [0.1, 0.15) is 29.8 Å². The van der Waals surface area contributed by atoms with Gasteiger partial charge in [-0.05, 0) is 43.0 Å². The Labute approximate surface area is 122 Å². The molecule has 2 aromatic rings. The molecule has 0 aliphatic heterocycles. The first kappa shape index (κ1) is 14.8. The summed E-state index contributed by atoms with van der Waals surface area (Å²) in [5.41, 5.74) is 1.08. The molecule has 0 saturated carbocycles. The number of amides is 1. The zero-order valence-corrected chi connectivity index (χ0v) is 11.9. The van der Waals surface area contributed by atoms with Gasteiger partial charge in [-0.3, -0.25) is 9.59 Å². The zero-order chi connectivity index (χ0) is 15.4. The van der Waals surface area contributed by atoms with E-state index in [9.17, 15) is 14.7 Å². The van der Waals surface area contributed by atoms with E-state index in [1.54, 1.807) is 24.3 Å². The second kappa shape index (κ2) is 6.26. The monoisotopic (exact) mass is 287 g/mol. The van der Waals surface area contributed by atoms with Crippen molar-refractivity contribution in [2.45, 2.75) is 26.5 Å². The predicted molar refractivity (Wildman–Crippen MR) is 79.1 cm³/mol. The summed E-state index contributed by atoms with van der Waals surface area (Å²) < 4.78 is 4.68. The highest BCUT2D eigenvalue weighted by Gasteiger charge is 2.14. The molecular weight excluding hydrogens is 270 g/mol. The van der Waals surface area contributed by atoms with Crippen LogP contribution in [-0.2, 0) is 16.1 Å². The van der Waals surface area contributed by atoms with Gasteiger partial charge in [0.1, 0.15) is 12.4 Å². The smallest absolute Gasteiger partial charge is 0.293 e. The highest BCUT2D eigenvalue weighted by molar-refractivity contribution is 6.09. The van der Waals surface area contributed by atoms with E-state index in [0.29, 0.717) is 23.0 Å². The summed E-state index contributed by atoms with van der Waals surface area (Å²) in [6, 6.07) is 8.51. The van der Waals surface area contributed by atoms with E-state index in [0.717, 1.165) is 5.39 Å². The van der Waals surface area contributed by atoms with Gasteiger partial charge in [0.15, 0.2) is 0 Å². The van der Waals surface area contributed by atoms with Crippen molar-refractivity contribution < 1.29 is 19.4 Å². The van der Waals surface area contributed by atoms with E-state index in [1.165, 1.54) is 6.07 Å². The number of rotatable bonds is 5. The van der Waals surface area contributed by atoms with Crippen LogP contribution in [0, 0.1) is 0 Å². The number of ether oxygens (including phenoxy) is 1. The van der Waals surface area contributed by atoms with Gasteiger partial charge < -0.3 is 15.2 Å². The number of carbonyl (C=O) groups is 2. The molecule has 2 aromatic carbocycles. The van der Waals surface area contributed by atoms with Gasteiger partial charge in [-0.25, -0.2) is 0 Å². The largest absolute Gasteiger partial charge is 0.507 e. The standard InChI is InChI=1S/C16H17NO4/c1-10(2)17-16(20)13-5-3-4-12-6-11(8-21-9-18)7-14(19)15(12)13/h3-7,9-10,19H,8H2,1-2H3,(H,17,20). The first-order chi connectivity index (χ1) is 10.0. The Morgan fingerprint density at radius 1 is 1.38 bits per heavy atom. The van der Waals surface area contributed by atoms with Gasteiger partial charge in [-0.15, -0.1) is 0 Å². The maximum Gasteiger partial charge on any atom is 0.293 e. The summed E-state index contributed by atoms with van der Waals surface area (Å²) in [5.74, 6) is -0.241. The molecule has 21 heavy (non-hydrogen) atoms. The third kappa shape index (κ3) is 3.31. The molecule has 5 nitrogen and oxygen atoms in total. The molecule has 0 spiro atoms. The summed E-state index contributed by atoms with van der Waals surface area (Å²) in [4.78, 5) is 22.4. The van der Waals surface area contributed by atoms with Crippen molar-refractivity contribution in [3.05, 3.63) is 41.5 Å². The van der Waals surface area contributed by atoms with Crippen LogP contribution in [0.5, 0.6) is 5.75 Å². The van der Waals surface area contributed by atoms with Crippen LogP contribution in [0.4, 0.5) is 0 Å². The number of carbonyl (C=O) groups excluding carboxylic acids is 2. The SMILES string of the molecule is CC(C)NC(=O)c1cccc2cc(COC=O)cc(O)c12. The fourth-order valence-corrected chi connectivity index (χ4v) is 2.21. The summed E-state index contributed by atoms with van der Waals surface area (Å²) in [5, 5.41) is 14.2. The molecule has 5 heteroatoms. The number of hydrogen-bond donors (Lipinski definition) is 2. The topological polar surface area (TPSA) is 75.6 Å². The molecule has 0 atom stereocenters. The first-order valence-corrected chi connectivity index (χ1v) is 6.63. The van der Waals surface area contributed by atoms with Gasteiger partial charge in [0, 0.05) is 11.4 Å². The summed E-state index contributed by atoms with van der Waals surface area (Å²) >= 11 is 0. The molecule has 0 radical (unpaired) electrons. The van der Waals surface area contributed by atoms with Crippen LogP contribution in [0.25, 0.3) is 10.8 Å². The fraction of sp³-hybridized carbons (Fsp3) is 0.250. The zero-order valence-electron chi connectivity index (χ0n) is 11.9. The van der Waals surface area contributed by atoms with Crippen molar-refractivity contribution in [3.63, 3.8) is 0 Å². The molecular formula is C16H17NO4. The maximum absolute atomic E-state index is 12.2. The third-order valence-electron chi connectivity index (χ3n) is 3.00. The van der Waals surface area contributed by atoms with E-state index in [1.807, 2.05) is 13.8 Å². The van der Waals surface area contributed by atoms with Gasteiger partial charge in [0.25, 0.3) is 12.4 Å². The molecule has 2 rings (SSSR count). The maximum atomic E-state index is 12.2. The number of fused-ring (bicyclic) bond motifs is 1. The molecule has 2 N–H and O–H groups in total. The van der Waals surface area contributed by atoms with Crippen LogP contribution in [0.3, 0.4) is 0 Å². The van der Waals surface area contributed by atoms with Crippen molar-refractivity contribution in [3.8, 4) is 5.75 Å². The second-order valence-corrected chi connectivity index (χ2v) is 5.05. The minimum absolute atomic E-state index is 0.00787. The van der Waals surface area contributed by atoms with Gasteiger partial charge in [-0.2, -0.15) is 0 Å². The lowest BCUT2D eigenvalue weighted by Gasteiger charge is -2.12.